The minimum Gasteiger partial charge on any atom is -0.345 e. The molecule has 2 amide bonds. The molecule has 0 atom stereocenters. The summed E-state index contributed by atoms with van der Waals surface area (Å²) in [5.41, 5.74) is 4.36. The van der Waals surface area contributed by atoms with Crippen LogP contribution in [-0.2, 0) is 10.2 Å². The van der Waals surface area contributed by atoms with Crippen LogP contribution in [-0.4, -0.2) is 57.8 Å². The number of aryl methyl sites for hydroxylation is 1. The van der Waals surface area contributed by atoms with Crippen LogP contribution in [0.3, 0.4) is 0 Å². The van der Waals surface area contributed by atoms with E-state index in [4.69, 9.17) is 0 Å². The summed E-state index contributed by atoms with van der Waals surface area (Å²) >= 11 is 0. The van der Waals surface area contributed by atoms with Crippen LogP contribution in [0.5, 0.6) is 0 Å². The normalized spacial score (nSPS) is 18.3. The molecule has 1 aliphatic carbocycles. The van der Waals surface area contributed by atoms with E-state index < -0.39 is 0 Å². The third kappa shape index (κ3) is 2.98. The smallest absolute Gasteiger partial charge is 0.254 e. The zero-order valence-electron chi connectivity index (χ0n) is 17.2. The van der Waals surface area contributed by atoms with Gasteiger partial charge in [0, 0.05) is 31.7 Å². The first kappa shape index (κ1) is 18.9. The number of nitrogens with one attached hydrogen (secondary N) is 1. The van der Waals surface area contributed by atoms with E-state index in [9.17, 15) is 9.59 Å². The predicted molar refractivity (Wildman–Crippen MR) is 115 cm³/mol. The number of hydrogen-bond acceptors (Lipinski definition) is 3. The summed E-state index contributed by atoms with van der Waals surface area (Å²) in [6.45, 7) is 4.40. The number of hydrogen-bond donors (Lipinski definition) is 1. The van der Waals surface area contributed by atoms with Crippen molar-refractivity contribution >= 4 is 22.8 Å². The van der Waals surface area contributed by atoms with Crippen LogP contribution in [0.4, 0.5) is 0 Å². The van der Waals surface area contributed by atoms with Gasteiger partial charge >= 0.3 is 0 Å². The van der Waals surface area contributed by atoms with Gasteiger partial charge in [-0.3, -0.25) is 9.59 Å². The van der Waals surface area contributed by atoms with E-state index in [0.717, 1.165) is 30.3 Å². The van der Waals surface area contributed by atoms with Gasteiger partial charge in [-0.2, -0.15) is 0 Å². The van der Waals surface area contributed by atoms with Crippen molar-refractivity contribution in [1.29, 1.82) is 0 Å². The van der Waals surface area contributed by atoms with Gasteiger partial charge in [0.2, 0.25) is 5.91 Å². The number of aromatic amines is 1. The van der Waals surface area contributed by atoms with E-state index in [2.05, 4.69) is 29.0 Å². The maximum Gasteiger partial charge on any atom is 0.254 e. The zero-order valence-corrected chi connectivity index (χ0v) is 17.2. The molecular weight excluding hydrogens is 376 g/mol. The summed E-state index contributed by atoms with van der Waals surface area (Å²) in [6.07, 6.45) is 4.56. The van der Waals surface area contributed by atoms with Gasteiger partial charge in [-0.1, -0.05) is 30.7 Å². The van der Waals surface area contributed by atoms with Gasteiger partial charge in [0.15, 0.2) is 0 Å². The summed E-state index contributed by atoms with van der Waals surface area (Å²) in [7, 11) is 0. The van der Waals surface area contributed by atoms with Crippen LogP contribution in [0.25, 0.3) is 11.0 Å². The van der Waals surface area contributed by atoms with Gasteiger partial charge < -0.3 is 14.8 Å². The van der Waals surface area contributed by atoms with Gasteiger partial charge in [-0.25, -0.2) is 4.98 Å². The molecule has 0 unspecified atom stereocenters. The summed E-state index contributed by atoms with van der Waals surface area (Å²) in [5, 5.41) is 0. The number of nitrogens with zero attached hydrogens (tertiary/aromatic N) is 3. The molecule has 1 saturated carbocycles. The molecule has 1 aromatic heterocycles. The van der Waals surface area contributed by atoms with E-state index in [1.165, 1.54) is 11.1 Å². The van der Waals surface area contributed by atoms with Crippen molar-refractivity contribution in [2.75, 3.05) is 26.2 Å². The fourth-order valence-electron chi connectivity index (χ4n) is 4.91. The molecule has 0 radical (unpaired) electrons. The maximum absolute atomic E-state index is 13.5. The van der Waals surface area contributed by atoms with Crippen molar-refractivity contribution in [3.05, 3.63) is 65.5 Å². The number of carbonyl (C=O) groups excluding carboxylic acids is 2. The first-order valence-electron chi connectivity index (χ1n) is 10.7. The molecule has 2 heterocycles. The van der Waals surface area contributed by atoms with Crippen LogP contribution in [0.15, 0.2) is 48.8 Å². The molecule has 30 heavy (non-hydrogen) atoms. The lowest BCUT2D eigenvalue weighted by atomic mass is 9.62. The first-order chi connectivity index (χ1) is 14.6. The number of imidazole rings is 1. The topological polar surface area (TPSA) is 69.3 Å². The van der Waals surface area contributed by atoms with Crippen molar-refractivity contribution in [1.82, 2.24) is 19.8 Å². The zero-order chi connectivity index (χ0) is 20.7. The average molecular weight is 402 g/mol. The second kappa shape index (κ2) is 7.27. The van der Waals surface area contributed by atoms with Gasteiger partial charge in [-0.05, 0) is 49.1 Å². The lowest BCUT2D eigenvalue weighted by Crippen LogP contribution is -2.57. The second-order valence-electron chi connectivity index (χ2n) is 8.47. The van der Waals surface area contributed by atoms with Crippen molar-refractivity contribution < 1.29 is 9.59 Å². The van der Waals surface area contributed by atoms with E-state index in [1.807, 2.05) is 40.1 Å². The monoisotopic (exact) mass is 402 g/mol. The van der Waals surface area contributed by atoms with E-state index in [1.54, 1.807) is 6.33 Å². The molecule has 154 valence electrons. The van der Waals surface area contributed by atoms with Crippen LogP contribution >= 0.6 is 0 Å². The van der Waals surface area contributed by atoms with E-state index in [0.29, 0.717) is 31.7 Å². The number of benzene rings is 2. The molecule has 2 aromatic carbocycles. The molecule has 6 heteroatoms. The second-order valence-corrected chi connectivity index (χ2v) is 8.47. The highest BCUT2D eigenvalue weighted by atomic mass is 16.2. The Morgan fingerprint density at radius 1 is 1.00 bits per heavy atom. The number of amides is 2. The number of H-pyrrole nitrogens is 1. The van der Waals surface area contributed by atoms with Gasteiger partial charge in [0.05, 0.1) is 22.8 Å². The Bertz CT molecular complexity index is 1110. The molecular formula is C24H26N4O2. The van der Waals surface area contributed by atoms with Crippen LogP contribution in [0.1, 0.15) is 40.7 Å². The number of piperazine rings is 1. The third-order valence-corrected chi connectivity index (χ3v) is 6.80. The summed E-state index contributed by atoms with van der Waals surface area (Å²) < 4.78 is 0. The molecule has 2 aliphatic rings. The van der Waals surface area contributed by atoms with Crippen molar-refractivity contribution in [3.8, 4) is 0 Å². The van der Waals surface area contributed by atoms with E-state index >= 15 is 0 Å². The number of fused-ring (bicyclic) bond motifs is 1. The van der Waals surface area contributed by atoms with Crippen molar-refractivity contribution in [3.63, 3.8) is 0 Å². The number of aromatic nitrogens is 2. The highest BCUT2D eigenvalue weighted by Crippen LogP contribution is 2.46. The third-order valence-electron chi connectivity index (χ3n) is 6.80. The number of carbonyl (C=O) groups is 2. The molecule has 3 aromatic rings. The molecule has 5 rings (SSSR count). The minimum atomic E-state index is -0.372. The molecule has 0 bridgehead atoms. The minimum absolute atomic E-state index is 0.0101. The van der Waals surface area contributed by atoms with Gasteiger partial charge in [0.25, 0.3) is 5.91 Å². The maximum atomic E-state index is 13.5. The van der Waals surface area contributed by atoms with Gasteiger partial charge in [0.1, 0.15) is 0 Å². The molecule has 6 nitrogen and oxygen atoms in total. The van der Waals surface area contributed by atoms with Crippen LogP contribution in [0, 0.1) is 6.92 Å². The summed E-state index contributed by atoms with van der Waals surface area (Å²) in [4.78, 5) is 37.6. The Labute approximate surface area is 175 Å². The largest absolute Gasteiger partial charge is 0.345 e. The predicted octanol–water partition coefficient (Wildman–Crippen LogP) is 3.28. The lowest BCUT2D eigenvalue weighted by Gasteiger charge is -2.46. The Morgan fingerprint density at radius 3 is 2.43 bits per heavy atom. The average Bonchev–Trinajstić information content (AvgIpc) is 3.22. The number of rotatable bonds is 3. The Hall–Kier alpha value is -3.15. The van der Waals surface area contributed by atoms with Crippen molar-refractivity contribution in [2.24, 2.45) is 0 Å². The van der Waals surface area contributed by atoms with Crippen LogP contribution in [0.2, 0.25) is 0 Å². The lowest BCUT2D eigenvalue weighted by molar-refractivity contribution is -0.142. The standard InChI is InChI=1S/C24H26N4O2/c1-17-5-2-3-6-19(17)24(9-4-10-24)23(30)28-13-11-27(12-14-28)22(29)18-7-8-20-21(15-18)26-16-25-20/h2-3,5-8,15-16H,4,9-14H2,1H3,(H,25,26). The highest BCUT2D eigenvalue weighted by molar-refractivity contribution is 5.97. The summed E-state index contributed by atoms with van der Waals surface area (Å²) in [6, 6.07) is 13.8. The summed E-state index contributed by atoms with van der Waals surface area (Å²) in [5.74, 6) is 0.241. The quantitative estimate of drug-likeness (QED) is 0.731. The molecule has 1 aliphatic heterocycles. The Balaban J connectivity index is 1.29. The molecule has 2 fully saturated rings. The van der Waals surface area contributed by atoms with Gasteiger partial charge in [-0.15, -0.1) is 0 Å². The van der Waals surface area contributed by atoms with Crippen LogP contribution < -0.4 is 0 Å². The Morgan fingerprint density at radius 2 is 1.73 bits per heavy atom. The fraction of sp³-hybridized carbons (Fsp3) is 0.375. The molecule has 0 spiro atoms. The molecule has 1 N–H and O–H groups in total. The fourth-order valence-corrected chi connectivity index (χ4v) is 4.91. The first-order valence-corrected chi connectivity index (χ1v) is 10.7. The van der Waals surface area contributed by atoms with Crippen molar-refractivity contribution in [2.45, 2.75) is 31.6 Å². The Kier molecular flexibility index (Phi) is 4.57. The van der Waals surface area contributed by atoms with E-state index in [-0.39, 0.29) is 17.2 Å². The highest BCUT2D eigenvalue weighted by Gasteiger charge is 2.48. The molecule has 1 saturated heterocycles. The SMILES string of the molecule is Cc1ccccc1C1(C(=O)N2CCN(C(=O)c3ccc4nc[nH]c4c3)CC2)CCC1.